The van der Waals surface area contributed by atoms with Crippen molar-refractivity contribution in [2.45, 2.75) is 63.4 Å². The van der Waals surface area contributed by atoms with E-state index >= 15 is 0 Å². The lowest BCUT2D eigenvalue weighted by atomic mass is 10.1. The Bertz CT molecular complexity index is 1050. The SMILES string of the molecule is CCCCCCCS(=O)(=O)c1ccc2c(c1)CCN2C(=O)c1ccc2c(c1)CNC2. The summed E-state index contributed by atoms with van der Waals surface area (Å²) in [5.41, 5.74) is 4.89. The third-order valence-corrected chi connectivity index (χ3v) is 7.95. The minimum atomic E-state index is -3.28. The summed E-state index contributed by atoms with van der Waals surface area (Å²) >= 11 is 0. The van der Waals surface area contributed by atoms with Gasteiger partial charge in [-0.05, 0) is 59.9 Å². The molecule has 2 aromatic rings. The zero-order valence-corrected chi connectivity index (χ0v) is 18.4. The summed E-state index contributed by atoms with van der Waals surface area (Å²) < 4.78 is 25.4. The molecule has 0 aromatic heterocycles. The third-order valence-electron chi connectivity index (χ3n) is 6.15. The molecule has 0 radical (unpaired) electrons. The molecule has 160 valence electrons. The first kappa shape index (κ1) is 21.1. The maximum Gasteiger partial charge on any atom is 0.258 e. The van der Waals surface area contributed by atoms with Gasteiger partial charge in [-0.25, -0.2) is 8.42 Å². The first-order valence-electron chi connectivity index (χ1n) is 11.0. The van der Waals surface area contributed by atoms with Gasteiger partial charge in [0.25, 0.3) is 5.91 Å². The summed E-state index contributed by atoms with van der Waals surface area (Å²) in [7, 11) is -3.28. The van der Waals surface area contributed by atoms with Crippen molar-refractivity contribution in [3.05, 3.63) is 58.7 Å². The van der Waals surface area contributed by atoms with Crippen LogP contribution < -0.4 is 10.2 Å². The number of fused-ring (bicyclic) bond motifs is 2. The fourth-order valence-electron chi connectivity index (χ4n) is 4.38. The second-order valence-electron chi connectivity index (χ2n) is 8.32. The fourth-order valence-corrected chi connectivity index (χ4v) is 5.80. The summed E-state index contributed by atoms with van der Waals surface area (Å²) in [4.78, 5) is 15.3. The molecule has 1 amide bonds. The van der Waals surface area contributed by atoms with Crippen molar-refractivity contribution in [3.63, 3.8) is 0 Å². The highest BCUT2D eigenvalue weighted by molar-refractivity contribution is 7.91. The third kappa shape index (κ3) is 4.30. The van der Waals surface area contributed by atoms with Gasteiger partial charge in [0.2, 0.25) is 0 Å². The minimum Gasteiger partial charge on any atom is -0.309 e. The van der Waals surface area contributed by atoms with Crippen molar-refractivity contribution < 1.29 is 13.2 Å². The van der Waals surface area contributed by atoms with Crippen molar-refractivity contribution in [2.24, 2.45) is 0 Å². The highest BCUT2D eigenvalue weighted by Crippen LogP contribution is 2.32. The number of nitrogens with zero attached hydrogens (tertiary/aromatic N) is 1. The number of hydrogen-bond acceptors (Lipinski definition) is 4. The van der Waals surface area contributed by atoms with Crippen LogP contribution in [0.2, 0.25) is 0 Å². The van der Waals surface area contributed by atoms with Crippen LogP contribution in [0.1, 0.15) is 66.1 Å². The Morgan fingerprint density at radius 3 is 2.60 bits per heavy atom. The van der Waals surface area contributed by atoms with Gasteiger partial charge < -0.3 is 10.2 Å². The number of sulfone groups is 1. The molecule has 0 spiro atoms. The Morgan fingerprint density at radius 2 is 1.77 bits per heavy atom. The molecule has 4 rings (SSSR count). The Hall–Kier alpha value is -2.18. The summed E-state index contributed by atoms with van der Waals surface area (Å²) in [5, 5.41) is 3.30. The first-order valence-corrected chi connectivity index (χ1v) is 12.6. The number of carbonyl (C=O) groups excluding carboxylic acids is 1. The summed E-state index contributed by atoms with van der Waals surface area (Å²) in [6, 6.07) is 11.1. The van der Waals surface area contributed by atoms with Gasteiger partial charge in [-0.2, -0.15) is 0 Å². The van der Waals surface area contributed by atoms with E-state index in [9.17, 15) is 13.2 Å². The molecule has 0 fully saturated rings. The largest absolute Gasteiger partial charge is 0.309 e. The molecule has 0 atom stereocenters. The van der Waals surface area contributed by atoms with E-state index in [1.165, 1.54) is 11.1 Å². The maximum absolute atomic E-state index is 13.1. The second-order valence-corrected chi connectivity index (χ2v) is 10.4. The zero-order valence-electron chi connectivity index (χ0n) is 17.6. The molecule has 30 heavy (non-hydrogen) atoms. The molecular formula is C24H30N2O3S. The van der Waals surface area contributed by atoms with Gasteiger partial charge >= 0.3 is 0 Å². The van der Waals surface area contributed by atoms with Crippen LogP contribution in [0.5, 0.6) is 0 Å². The molecule has 2 aliphatic heterocycles. The lowest BCUT2D eigenvalue weighted by Crippen LogP contribution is -2.29. The van der Waals surface area contributed by atoms with E-state index in [2.05, 4.69) is 12.2 Å². The first-order chi connectivity index (χ1) is 14.5. The number of nitrogens with one attached hydrogen (secondary N) is 1. The summed E-state index contributed by atoms with van der Waals surface area (Å²) in [5.74, 6) is 0.177. The van der Waals surface area contributed by atoms with Gasteiger partial charge in [-0.1, -0.05) is 38.7 Å². The van der Waals surface area contributed by atoms with Crippen LogP contribution in [0.15, 0.2) is 41.3 Å². The molecule has 2 aliphatic rings. The van der Waals surface area contributed by atoms with Crippen molar-refractivity contribution in [2.75, 3.05) is 17.2 Å². The van der Waals surface area contributed by atoms with Crippen molar-refractivity contribution in [3.8, 4) is 0 Å². The van der Waals surface area contributed by atoms with Crippen molar-refractivity contribution in [1.82, 2.24) is 5.32 Å². The van der Waals surface area contributed by atoms with Crippen LogP contribution in [-0.4, -0.2) is 26.6 Å². The molecular weight excluding hydrogens is 396 g/mol. The molecule has 0 bridgehead atoms. The monoisotopic (exact) mass is 426 g/mol. The van der Waals surface area contributed by atoms with Crippen LogP contribution in [0, 0.1) is 0 Å². The number of amides is 1. The summed E-state index contributed by atoms with van der Waals surface area (Å²) in [6.07, 6.45) is 5.74. The molecule has 2 aromatic carbocycles. The maximum atomic E-state index is 13.1. The van der Waals surface area contributed by atoms with E-state index in [0.717, 1.165) is 50.0 Å². The Kier molecular flexibility index (Phi) is 6.25. The fraction of sp³-hybridized carbons (Fsp3) is 0.458. The van der Waals surface area contributed by atoms with Crippen LogP contribution in [0.4, 0.5) is 5.69 Å². The van der Waals surface area contributed by atoms with Crippen molar-refractivity contribution >= 4 is 21.4 Å². The lowest BCUT2D eigenvalue weighted by Gasteiger charge is -2.18. The summed E-state index contributed by atoms with van der Waals surface area (Å²) in [6.45, 7) is 4.39. The van der Waals surface area contributed by atoms with Crippen molar-refractivity contribution in [1.29, 1.82) is 0 Å². The highest BCUT2D eigenvalue weighted by Gasteiger charge is 2.28. The number of anilines is 1. The smallest absolute Gasteiger partial charge is 0.258 e. The number of carbonyl (C=O) groups is 1. The number of hydrogen-bond donors (Lipinski definition) is 1. The number of rotatable bonds is 8. The van der Waals surface area contributed by atoms with E-state index in [-0.39, 0.29) is 11.7 Å². The Morgan fingerprint density at radius 1 is 0.967 bits per heavy atom. The van der Waals surface area contributed by atoms with E-state index in [1.54, 1.807) is 23.1 Å². The van der Waals surface area contributed by atoms with Gasteiger partial charge in [0.05, 0.1) is 10.6 Å². The van der Waals surface area contributed by atoms with Gasteiger partial charge in [-0.15, -0.1) is 0 Å². The highest BCUT2D eigenvalue weighted by atomic mass is 32.2. The average molecular weight is 427 g/mol. The van der Waals surface area contributed by atoms with Gasteiger partial charge in [0.1, 0.15) is 0 Å². The normalized spacial score (nSPS) is 15.3. The number of unbranched alkanes of at least 4 members (excludes halogenated alkanes) is 4. The zero-order chi connectivity index (χ0) is 21.1. The van der Waals surface area contributed by atoms with E-state index in [0.29, 0.717) is 29.8 Å². The van der Waals surface area contributed by atoms with Crippen LogP contribution in [-0.2, 0) is 29.3 Å². The molecule has 0 saturated carbocycles. The van der Waals surface area contributed by atoms with E-state index < -0.39 is 9.84 Å². The topological polar surface area (TPSA) is 66.5 Å². The Balaban J connectivity index is 1.47. The molecule has 1 N–H and O–H groups in total. The predicted molar refractivity (Wildman–Crippen MR) is 120 cm³/mol. The number of benzene rings is 2. The Labute approximate surface area is 179 Å². The van der Waals surface area contributed by atoms with Gasteiger partial charge in [0.15, 0.2) is 9.84 Å². The minimum absolute atomic E-state index is 0.0185. The molecule has 0 saturated heterocycles. The van der Waals surface area contributed by atoms with E-state index in [1.807, 2.05) is 18.2 Å². The lowest BCUT2D eigenvalue weighted by molar-refractivity contribution is 0.0989. The van der Waals surface area contributed by atoms with E-state index in [4.69, 9.17) is 0 Å². The average Bonchev–Trinajstić information content (AvgIpc) is 3.38. The van der Waals surface area contributed by atoms with Crippen LogP contribution >= 0.6 is 0 Å². The molecule has 5 nitrogen and oxygen atoms in total. The predicted octanol–water partition coefficient (Wildman–Crippen LogP) is 4.24. The second kappa shape index (κ2) is 8.90. The standard InChI is InChI=1S/C24H30N2O3S/c1-2-3-4-5-6-13-30(28,29)22-9-10-23-18(15-22)11-12-26(23)24(27)19-7-8-20-16-25-17-21(20)14-19/h7-10,14-15,25H,2-6,11-13,16-17H2,1H3. The molecule has 2 heterocycles. The molecule has 6 heteroatoms. The molecule has 0 unspecified atom stereocenters. The van der Waals surface area contributed by atoms with Crippen LogP contribution in [0.3, 0.4) is 0 Å². The molecule has 0 aliphatic carbocycles. The van der Waals surface area contributed by atoms with Gasteiger partial charge in [-0.3, -0.25) is 4.79 Å². The quantitative estimate of drug-likeness (QED) is 0.641. The van der Waals surface area contributed by atoms with Gasteiger partial charge in [0, 0.05) is 30.9 Å². The van der Waals surface area contributed by atoms with Crippen LogP contribution in [0.25, 0.3) is 0 Å².